The topological polar surface area (TPSA) is 94.7 Å². The number of hydrogen-bond acceptors (Lipinski definition) is 5. The Balaban J connectivity index is 1.68. The Bertz CT molecular complexity index is 1170. The van der Waals surface area contributed by atoms with Gasteiger partial charge in [-0.15, -0.1) is 0 Å². The molecule has 25 heavy (non-hydrogen) atoms. The number of nitrogens with one attached hydrogen (secondary N) is 2. The van der Waals surface area contributed by atoms with Crippen LogP contribution in [0.1, 0.15) is 5.56 Å². The number of anilines is 2. The fourth-order valence-corrected chi connectivity index (χ4v) is 2.62. The minimum atomic E-state index is -0.474. The highest BCUT2D eigenvalue weighted by atomic mass is 16.4. The third kappa shape index (κ3) is 2.99. The van der Waals surface area contributed by atoms with E-state index in [-0.39, 0.29) is 0 Å². The zero-order chi connectivity index (χ0) is 17.2. The van der Waals surface area contributed by atoms with Crippen molar-refractivity contribution in [2.45, 2.75) is 0 Å². The van der Waals surface area contributed by atoms with Crippen LogP contribution in [0.15, 0.2) is 70.1 Å². The molecule has 0 radical (unpaired) electrons. The molecule has 0 fully saturated rings. The summed E-state index contributed by atoms with van der Waals surface area (Å²) < 4.78 is 5.10. The molecule has 0 unspecified atom stereocenters. The summed E-state index contributed by atoms with van der Waals surface area (Å²) in [7, 11) is 0. The van der Waals surface area contributed by atoms with Crippen molar-refractivity contribution in [2.75, 3.05) is 5.32 Å². The molecule has 120 valence electrons. The molecule has 0 saturated carbocycles. The van der Waals surface area contributed by atoms with Gasteiger partial charge in [-0.05, 0) is 42.0 Å². The number of nitrogens with zero attached hydrogens (tertiary/aromatic N) is 2. The molecule has 0 atom stereocenters. The molecule has 6 nitrogen and oxygen atoms in total. The Hall–Kier alpha value is -3.85. The average molecular weight is 328 g/mol. The van der Waals surface area contributed by atoms with E-state index in [0.717, 1.165) is 22.5 Å². The Morgan fingerprint density at radius 2 is 1.96 bits per heavy atom. The van der Waals surface area contributed by atoms with Gasteiger partial charge < -0.3 is 9.73 Å². The molecule has 4 rings (SSSR count). The van der Waals surface area contributed by atoms with Gasteiger partial charge in [0.25, 0.3) is 0 Å². The van der Waals surface area contributed by atoms with Crippen LogP contribution in [0.5, 0.6) is 0 Å². The van der Waals surface area contributed by atoms with Gasteiger partial charge in [-0.3, -0.25) is 9.97 Å². The third-order valence-electron chi connectivity index (χ3n) is 3.77. The molecule has 2 aromatic carbocycles. The molecule has 2 heterocycles. The number of H-pyrrole nitrogens is 1. The molecule has 4 aromatic rings. The molecular formula is C19H12N4O2. The number of nitriles is 1. The van der Waals surface area contributed by atoms with Gasteiger partial charge >= 0.3 is 5.76 Å². The van der Waals surface area contributed by atoms with Crippen LogP contribution in [0.4, 0.5) is 11.4 Å². The van der Waals surface area contributed by atoms with Crippen LogP contribution in [0.2, 0.25) is 0 Å². The molecule has 0 spiro atoms. The van der Waals surface area contributed by atoms with Crippen LogP contribution in [-0.2, 0) is 0 Å². The van der Waals surface area contributed by atoms with Gasteiger partial charge in [0.15, 0.2) is 5.58 Å². The van der Waals surface area contributed by atoms with Crippen molar-refractivity contribution in [3.63, 3.8) is 0 Å². The maximum absolute atomic E-state index is 11.3. The van der Waals surface area contributed by atoms with E-state index in [4.69, 9.17) is 9.68 Å². The van der Waals surface area contributed by atoms with E-state index >= 15 is 0 Å². The summed E-state index contributed by atoms with van der Waals surface area (Å²) in [5.74, 6) is -0.474. The lowest BCUT2D eigenvalue weighted by Gasteiger charge is -2.08. The Labute approximate surface area is 142 Å². The second-order valence-electron chi connectivity index (χ2n) is 5.51. The molecule has 0 saturated heterocycles. The quantitative estimate of drug-likeness (QED) is 0.596. The standard InChI is InChI=1S/C19H12N4O2/c20-9-12-2-1-3-15(6-12)22-16-7-14(10-21-11-16)13-4-5-17-18(8-13)25-19(24)23-17/h1-8,10-11,22H,(H,23,24). The van der Waals surface area contributed by atoms with Crippen LogP contribution < -0.4 is 11.1 Å². The molecule has 0 aliphatic heterocycles. The Kier molecular flexibility index (Phi) is 3.52. The molecule has 6 heteroatoms. The molecule has 0 aliphatic carbocycles. The first-order valence-electron chi connectivity index (χ1n) is 7.57. The van der Waals surface area contributed by atoms with Crippen molar-refractivity contribution in [2.24, 2.45) is 0 Å². The van der Waals surface area contributed by atoms with E-state index in [1.54, 1.807) is 36.7 Å². The van der Waals surface area contributed by atoms with E-state index in [0.29, 0.717) is 16.7 Å². The van der Waals surface area contributed by atoms with Gasteiger partial charge in [-0.2, -0.15) is 5.26 Å². The Morgan fingerprint density at radius 1 is 1.04 bits per heavy atom. The molecule has 2 aromatic heterocycles. The highest BCUT2D eigenvalue weighted by Crippen LogP contribution is 2.26. The second-order valence-corrected chi connectivity index (χ2v) is 5.51. The van der Waals surface area contributed by atoms with Gasteiger partial charge in [-0.25, -0.2) is 4.79 Å². The van der Waals surface area contributed by atoms with E-state index in [9.17, 15) is 4.79 Å². The van der Waals surface area contributed by atoms with Crippen molar-refractivity contribution in [3.8, 4) is 17.2 Å². The van der Waals surface area contributed by atoms with Crippen LogP contribution in [0, 0.1) is 11.3 Å². The predicted octanol–water partition coefficient (Wildman–Crippen LogP) is 3.80. The summed E-state index contributed by atoms with van der Waals surface area (Å²) in [5.41, 5.74) is 5.12. The summed E-state index contributed by atoms with van der Waals surface area (Å²) in [4.78, 5) is 18.2. The first-order valence-corrected chi connectivity index (χ1v) is 7.57. The number of pyridine rings is 1. The molecule has 2 N–H and O–H groups in total. The van der Waals surface area contributed by atoms with Gasteiger partial charge in [-0.1, -0.05) is 12.1 Å². The molecular weight excluding hydrogens is 316 g/mol. The third-order valence-corrected chi connectivity index (χ3v) is 3.77. The maximum atomic E-state index is 11.3. The van der Waals surface area contributed by atoms with Crippen molar-refractivity contribution in [1.82, 2.24) is 9.97 Å². The van der Waals surface area contributed by atoms with Gasteiger partial charge in [0.05, 0.1) is 29.0 Å². The number of rotatable bonds is 3. The van der Waals surface area contributed by atoms with Crippen LogP contribution in [-0.4, -0.2) is 9.97 Å². The SMILES string of the molecule is N#Cc1cccc(Nc2cncc(-c3ccc4[nH]c(=O)oc4c3)c2)c1. The van der Waals surface area contributed by atoms with Crippen molar-refractivity contribution in [3.05, 3.63) is 77.0 Å². The molecule has 0 bridgehead atoms. The normalized spacial score (nSPS) is 10.5. The summed E-state index contributed by atoms with van der Waals surface area (Å²) >= 11 is 0. The maximum Gasteiger partial charge on any atom is 0.417 e. The lowest BCUT2D eigenvalue weighted by molar-refractivity contribution is 0.555. The summed E-state index contributed by atoms with van der Waals surface area (Å²) in [6.07, 6.45) is 3.44. The highest BCUT2D eigenvalue weighted by molar-refractivity contribution is 5.80. The fraction of sp³-hybridized carbons (Fsp3) is 0. The number of fused-ring (bicyclic) bond motifs is 1. The summed E-state index contributed by atoms with van der Waals surface area (Å²) in [6, 6.07) is 16.8. The zero-order valence-corrected chi connectivity index (χ0v) is 13.0. The number of hydrogen-bond donors (Lipinski definition) is 2. The second kappa shape index (κ2) is 5.98. The van der Waals surface area contributed by atoms with E-state index in [2.05, 4.69) is 21.4 Å². The lowest BCUT2D eigenvalue weighted by Crippen LogP contribution is -1.92. The first-order chi connectivity index (χ1) is 12.2. The van der Waals surface area contributed by atoms with Crippen LogP contribution >= 0.6 is 0 Å². The van der Waals surface area contributed by atoms with Gasteiger partial charge in [0.2, 0.25) is 0 Å². The molecule has 0 aliphatic rings. The van der Waals surface area contributed by atoms with E-state index in [1.807, 2.05) is 24.3 Å². The zero-order valence-electron chi connectivity index (χ0n) is 13.0. The minimum Gasteiger partial charge on any atom is -0.408 e. The lowest BCUT2D eigenvalue weighted by atomic mass is 10.1. The van der Waals surface area contributed by atoms with Crippen molar-refractivity contribution in [1.29, 1.82) is 5.26 Å². The fourth-order valence-electron chi connectivity index (χ4n) is 2.62. The van der Waals surface area contributed by atoms with Crippen LogP contribution in [0.3, 0.4) is 0 Å². The average Bonchev–Trinajstić information content (AvgIpc) is 3.01. The number of aromatic amines is 1. The Morgan fingerprint density at radius 3 is 2.84 bits per heavy atom. The largest absolute Gasteiger partial charge is 0.417 e. The summed E-state index contributed by atoms with van der Waals surface area (Å²) in [6.45, 7) is 0. The highest BCUT2D eigenvalue weighted by Gasteiger charge is 2.06. The summed E-state index contributed by atoms with van der Waals surface area (Å²) in [5, 5.41) is 12.2. The number of oxazole rings is 1. The predicted molar refractivity (Wildman–Crippen MR) is 94.5 cm³/mol. The van der Waals surface area contributed by atoms with E-state index < -0.39 is 5.76 Å². The van der Waals surface area contributed by atoms with Gasteiger partial charge in [0.1, 0.15) is 0 Å². The number of aromatic nitrogens is 2. The monoisotopic (exact) mass is 328 g/mol. The van der Waals surface area contributed by atoms with Gasteiger partial charge in [0, 0.05) is 17.4 Å². The first kappa shape index (κ1) is 14.7. The minimum absolute atomic E-state index is 0.474. The smallest absolute Gasteiger partial charge is 0.408 e. The molecule has 0 amide bonds. The van der Waals surface area contributed by atoms with Crippen LogP contribution in [0.25, 0.3) is 22.2 Å². The number of benzene rings is 2. The van der Waals surface area contributed by atoms with Crippen molar-refractivity contribution < 1.29 is 4.42 Å². The van der Waals surface area contributed by atoms with E-state index in [1.165, 1.54) is 0 Å². The van der Waals surface area contributed by atoms with Crippen molar-refractivity contribution >= 4 is 22.5 Å².